The summed E-state index contributed by atoms with van der Waals surface area (Å²) in [6.07, 6.45) is 5.05. The molecule has 5 aromatic rings. The van der Waals surface area contributed by atoms with E-state index in [1.54, 1.807) is 30.1 Å². The molecular formula is C20H14FN5S. The molecule has 0 saturated heterocycles. The average Bonchev–Trinajstić information content (AvgIpc) is 3.36. The summed E-state index contributed by atoms with van der Waals surface area (Å²) in [5.74, 6) is -0.294. The van der Waals surface area contributed by atoms with Gasteiger partial charge < -0.3 is 4.57 Å². The number of hydrogen-bond donors (Lipinski definition) is 0. The molecule has 4 aromatic heterocycles. The lowest BCUT2D eigenvalue weighted by Gasteiger charge is -2.16. The van der Waals surface area contributed by atoms with E-state index in [2.05, 4.69) is 15.0 Å². The third kappa shape index (κ3) is 2.67. The fourth-order valence-corrected chi connectivity index (χ4v) is 3.90. The number of imidazole rings is 1. The number of thiophene rings is 1. The Kier molecular flexibility index (Phi) is 3.68. The van der Waals surface area contributed by atoms with Gasteiger partial charge in [0.15, 0.2) is 11.3 Å². The largest absolute Gasteiger partial charge is 0.306 e. The van der Waals surface area contributed by atoms with Crippen molar-refractivity contribution in [1.29, 1.82) is 0 Å². The lowest BCUT2D eigenvalue weighted by atomic mass is 10.0. The van der Waals surface area contributed by atoms with Gasteiger partial charge in [-0.05, 0) is 30.5 Å². The number of nitrogens with zero attached hydrogens (tertiary/aromatic N) is 5. The summed E-state index contributed by atoms with van der Waals surface area (Å²) in [4.78, 5) is 18.7. The van der Waals surface area contributed by atoms with E-state index in [4.69, 9.17) is 4.98 Å². The Bertz CT molecular complexity index is 1260. The topological polar surface area (TPSA) is 56.5 Å². The number of hydrogen-bond acceptors (Lipinski definition) is 5. The van der Waals surface area contributed by atoms with Crippen molar-refractivity contribution in [2.45, 2.75) is 13.0 Å². The van der Waals surface area contributed by atoms with Crippen LogP contribution in [0.15, 0.2) is 60.5 Å². The molecule has 1 atom stereocenters. The zero-order valence-electron chi connectivity index (χ0n) is 14.4. The molecule has 1 unspecified atom stereocenters. The van der Waals surface area contributed by atoms with Gasteiger partial charge in [-0.2, -0.15) is 0 Å². The molecule has 0 aliphatic carbocycles. The van der Waals surface area contributed by atoms with Crippen molar-refractivity contribution >= 4 is 33.5 Å². The Morgan fingerprint density at radius 3 is 2.89 bits per heavy atom. The summed E-state index contributed by atoms with van der Waals surface area (Å²) >= 11 is 1.60. The fourth-order valence-electron chi connectivity index (χ4n) is 3.22. The quantitative estimate of drug-likeness (QED) is 0.452. The van der Waals surface area contributed by atoms with E-state index in [-0.39, 0.29) is 11.9 Å². The third-order valence-electron chi connectivity index (χ3n) is 4.65. The molecule has 0 amide bonds. The van der Waals surface area contributed by atoms with Crippen LogP contribution in [-0.2, 0) is 0 Å². The lowest BCUT2D eigenvalue weighted by Crippen LogP contribution is -2.09. The molecule has 0 fully saturated rings. The number of pyridine rings is 1. The summed E-state index contributed by atoms with van der Waals surface area (Å²) < 4.78 is 16.6. The number of fused-ring (bicyclic) bond motifs is 2. The second-order valence-corrected chi connectivity index (χ2v) is 7.23. The molecule has 0 saturated carbocycles. The van der Waals surface area contributed by atoms with Crippen LogP contribution in [0.1, 0.15) is 18.5 Å². The van der Waals surface area contributed by atoms with E-state index in [0.717, 1.165) is 16.0 Å². The van der Waals surface area contributed by atoms with E-state index in [1.807, 2.05) is 47.2 Å². The van der Waals surface area contributed by atoms with Crippen LogP contribution < -0.4 is 0 Å². The van der Waals surface area contributed by atoms with Crippen LogP contribution in [0.4, 0.5) is 4.39 Å². The van der Waals surface area contributed by atoms with E-state index < -0.39 is 0 Å². The molecule has 5 nitrogen and oxygen atoms in total. The predicted octanol–water partition coefficient (Wildman–Crippen LogP) is 4.85. The fraction of sp³-hybridized carbons (Fsp3) is 0.100. The van der Waals surface area contributed by atoms with Gasteiger partial charge in [0.1, 0.15) is 11.5 Å². The van der Waals surface area contributed by atoms with Gasteiger partial charge >= 0.3 is 0 Å². The van der Waals surface area contributed by atoms with E-state index in [1.165, 1.54) is 6.07 Å². The maximum absolute atomic E-state index is 14.8. The Morgan fingerprint density at radius 1 is 1.11 bits per heavy atom. The minimum absolute atomic E-state index is 0.285. The first kappa shape index (κ1) is 16.0. The standard InChI is InChI=1S/C20H14FN5S/c1-12(14-8-13-4-2-6-22-16(13)9-15(14)21)26-11-24-19-20(26)25-17(10-23-19)18-5-3-7-27-18/h2-12H,1H3. The molecule has 27 heavy (non-hydrogen) atoms. The van der Waals surface area contributed by atoms with E-state index >= 15 is 0 Å². The van der Waals surface area contributed by atoms with Crippen LogP contribution in [0.3, 0.4) is 0 Å². The van der Waals surface area contributed by atoms with Crippen molar-refractivity contribution in [2.24, 2.45) is 0 Å². The number of halogens is 1. The first-order valence-corrected chi connectivity index (χ1v) is 9.36. The molecule has 0 spiro atoms. The van der Waals surface area contributed by atoms with E-state index in [0.29, 0.717) is 22.4 Å². The summed E-state index contributed by atoms with van der Waals surface area (Å²) in [5, 5.41) is 2.90. The highest BCUT2D eigenvalue weighted by atomic mass is 32.1. The highest BCUT2D eigenvalue weighted by molar-refractivity contribution is 7.13. The maximum Gasteiger partial charge on any atom is 0.197 e. The molecule has 7 heteroatoms. The average molecular weight is 375 g/mol. The van der Waals surface area contributed by atoms with Crippen molar-refractivity contribution in [3.8, 4) is 10.6 Å². The molecule has 0 aliphatic heterocycles. The van der Waals surface area contributed by atoms with Crippen LogP contribution in [0.5, 0.6) is 0 Å². The zero-order chi connectivity index (χ0) is 18.4. The Labute approximate surface area is 158 Å². The number of aromatic nitrogens is 5. The lowest BCUT2D eigenvalue weighted by molar-refractivity contribution is 0.564. The third-order valence-corrected chi connectivity index (χ3v) is 5.54. The van der Waals surface area contributed by atoms with Gasteiger partial charge in [-0.3, -0.25) is 4.98 Å². The summed E-state index contributed by atoms with van der Waals surface area (Å²) in [6.45, 7) is 1.93. The molecule has 0 radical (unpaired) electrons. The van der Waals surface area contributed by atoms with Crippen LogP contribution >= 0.6 is 11.3 Å². The maximum atomic E-state index is 14.8. The predicted molar refractivity (Wildman–Crippen MR) is 104 cm³/mol. The Hall–Kier alpha value is -3.19. The van der Waals surface area contributed by atoms with E-state index in [9.17, 15) is 4.39 Å². The second-order valence-electron chi connectivity index (χ2n) is 6.28. The van der Waals surface area contributed by atoms with Crippen LogP contribution in [0.2, 0.25) is 0 Å². The van der Waals surface area contributed by atoms with Gasteiger partial charge in [-0.1, -0.05) is 12.1 Å². The molecule has 5 rings (SSSR count). The van der Waals surface area contributed by atoms with Gasteiger partial charge in [0.25, 0.3) is 0 Å². The second kappa shape index (κ2) is 6.21. The van der Waals surface area contributed by atoms with Gasteiger partial charge in [0.05, 0.1) is 29.0 Å². The molecule has 1 aromatic carbocycles. The van der Waals surface area contributed by atoms with Crippen molar-refractivity contribution in [3.05, 3.63) is 71.9 Å². The number of benzene rings is 1. The monoisotopic (exact) mass is 375 g/mol. The normalized spacial score (nSPS) is 12.7. The molecule has 4 heterocycles. The Balaban J connectivity index is 1.64. The van der Waals surface area contributed by atoms with Crippen molar-refractivity contribution in [3.63, 3.8) is 0 Å². The van der Waals surface area contributed by atoms with Crippen molar-refractivity contribution < 1.29 is 4.39 Å². The van der Waals surface area contributed by atoms with Gasteiger partial charge in [0, 0.05) is 23.2 Å². The zero-order valence-corrected chi connectivity index (χ0v) is 15.2. The SMILES string of the molecule is CC(c1cc2cccnc2cc1F)n1cnc2ncc(-c3cccs3)nc21. The highest BCUT2D eigenvalue weighted by Gasteiger charge is 2.18. The minimum Gasteiger partial charge on any atom is -0.306 e. The number of rotatable bonds is 3. The summed E-state index contributed by atoms with van der Waals surface area (Å²) in [5.41, 5.74) is 3.18. The first-order valence-electron chi connectivity index (χ1n) is 8.48. The summed E-state index contributed by atoms with van der Waals surface area (Å²) in [7, 11) is 0. The summed E-state index contributed by atoms with van der Waals surface area (Å²) in [6, 6.07) is 10.8. The molecule has 0 bridgehead atoms. The van der Waals surface area contributed by atoms with Crippen LogP contribution in [-0.4, -0.2) is 24.5 Å². The van der Waals surface area contributed by atoms with Crippen LogP contribution in [0.25, 0.3) is 32.8 Å². The van der Waals surface area contributed by atoms with Gasteiger partial charge in [0.2, 0.25) is 0 Å². The smallest absolute Gasteiger partial charge is 0.197 e. The molecular weight excluding hydrogens is 361 g/mol. The first-order chi connectivity index (χ1) is 13.2. The Morgan fingerprint density at radius 2 is 2.04 bits per heavy atom. The molecule has 0 N–H and O–H groups in total. The van der Waals surface area contributed by atoms with Gasteiger partial charge in [-0.25, -0.2) is 19.3 Å². The van der Waals surface area contributed by atoms with Crippen molar-refractivity contribution in [2.75, 3.05) is 0 Å². The minimum atomic E-state index is -0.294. The molecule has 0 aliphatic rings. The van der Waals surface area contributed by atoms with Crippen LogP contribution in [0, 0.1) is 5.82 Å². The van der Waals surface area contributed by atoms with Gasteiger partial charge in [-0.15, -0.1) is 11.3 Å². The van der Waals surface area contributed by atoms with Crippen molar-refractivity contribution in [1.82, 2.24) is 24.5 Å². The highest BCUT2D eigenvalue weighted by Crippen LogP contribution is 2.29. The molecule has 132 valence electrons.